The summed E-state index contributed by atoms with van der Waals surface area (Å²) in [5.41, 5.74) is 1.01. The van der Waals surface area contributed by atoms with Crippen molar-refractivity contribution in [2.24, 2.45) is 0 Å². The molecule has 2 aromatic heterocycles. The average molecular weight is 162 g/mol. The topological polar surface area (TPSA) is 42.2 Å². The zero-order chi connectivity index (χ0) is 8.39. The molecule has 0 amide bonds. The quantitative estimate of drug-likeness (QED) is 0.697. The van der Waals surface area contributed by atoms with Crippen LogP contribution in [0.4, 0.5) is 0 Å². The van der Waals surface area contributed by atoms with Crippen molar-refractivity contribution in [2.75, 3.05) is 7.05 Å². The Hall–Kier alpha value is -1.42. The van der Waals surface area contributed by atoms with E-state index in [1.807, 2.05) is 29.9 Å². The zero-order valence-electron chi connectivity index (χ0n) is 6.86. The molecule has 0 spiro atoms. The SMILES string of the molecule is CNCc1cn2cccnc2n1. The van der Waals surface area contributed by atoms with Gasteiger partial charge in [0.1, 0.15) is 0 Å². The molecule has 62 valence electrons. The van der Waals surface area contributed by atoms with Crippen molar-refractivity contribution < 1.29 is 0 Å². The van der Waals surface area contributed by atoms with Crippen molar-refractivity contribution in [1.82, 2.24) is 19.7 Å². The van der Waals surface area contributed by atoms with Gasteiger partial charge in [0.15, 0.2) is 0 Å². The Labute approximate surface area is 70.3 Å². The molecule has 0 bridgehead atoms. The number of nitrogens with one attached hydrogen (secondary N) is 1. The van der Waals surface area contributed by atoms with Crippen LogP contribution in [0.1, 0.15) is 5.69 Å². The Morgan fingerprint density at radius 3 is 3.25 bits per heavy atom. The third kappa shape index (κ3) is 1.16. The minimum Gasteiger partial charge on any atom is -0.314 e. The lowest BCUT2D eigenvalue weighted by Crippen LogP contribution is -2.04. The summed E-state index contributed by atoms with van der Waals surface area (Å²) in [5.74, 6) is 0.753. The molecule has 2 heterocycles. The number of hydrogen-bond donors (Lipinski definition) is 1. The molecule has 0 saturated heterocycles. The number of nitrogens with zero attached hydrogens (tertiary/aromatic N) is 3. The van der Waals surface area contributed by atoms with Crippen LogP contribution in [0.15, 0.2) is 24.7 Å². The van der Waals surface area contributed by atoms with E-state index in [1.54, 1.807) is 6.20 Å². The van der Waals surface area contributed by atoms with Gasteiger partial charge in [0, 0.05) is 25.1 Å². The van der Waals surface area contributed by atoms with Crippen LogP contribution in [0, 0.1) is 0 Å². The van der Waals surface area contributed by atoms with Crippen molar-refractivity contribution in [1.29, 1.82) is 0 Å². The molecule has 0 unspecified atom stereocenters. The molecule has 0 atom stereocenters. The molecule has 2 aromatic rings. The van der Waals surface area contributed by atoms with Crippen molar-refractivity contribution in [2.45, 2.75) is 6.54 Å². The Morgan fingerprint density at radius 1 is 1.58 bits per heavy atom. The molecule has 0 radical (unpaired) electrons. The van der Waals surface area contributed by atoms with E-state index in [0.29, 0.717) is 0 Å². The van der Waals surface area contributed by atoms with Crippen LogP contribution < -0.4 is 5.32 Å². The molecule has 0 fully saturated rings. The monoisotopic (exact) mass is 162 g/mol. The molecule has 0 aliphatic carbocycles. The standard InChI is InChI=1S/C8H10N4/c1-9-5-7-6-12-4-2-3-10-8(12)11-7/h2-4,6,9H,5H2,1H3. The molecule has 4 heteroatoms. The van der Waals surface area contributed by atoms with Crippen LogP contribution in [0.25, 0.3) is 5.78 Å². The summed E-state index contributed by atoms with van der Waals surface area (Å²) in [6.45, 7) is 0.781. The summed E-state index contributed by atoms with van der Waals surface area (Å²) in [6, 6.07) is 1.89. The molecule has 1 N–H and O–H groups in total. The van der Waals surface area contributed by atoms with Gasteiger partial charge < -0.3 is 5.32 Å². The molecular formula is C8H10N4. The summed E-state index contributed by atoms with van der Waals surface area (Å²) in [4.78, 5) is 8.40. The van der Waals surface area contributed by atoms with E-state index in [4.69, 9.17) is 0 Å². The van der Waals surface area contributed by atoms with Gasteiger partial charge in [0.2, 0.25) is 5.78 Å². The van der Waals surface area contributed by atoms with Gasteiger partial charge in [-0.2, -0.15) is 0 Å². The maximum absolute atomic E-state index is 4.29. The van der Waals surface area contributed by atoms with Crippen molar-refractivity contribution in [3.05, 3.63) is 30.4 Å². The van der Waals surface area contributed by atoms with Crippen LogP contribution in [0.2, 0.25) is 0 Å². The number of hydrogen-bond acceptors (Lipinski definition) is 3. The summed E-state index contributed by atoms with van der Waals surface area (Å²) < 4.78 is 1.91. The van der Waals surface area contributed by atoms with Gasteiger partial charge >= 0.3 is 0 Å². The van der Waals surface area contributed by atoms with Gasteiger partial charge in [-0.15, -0.1) is 0 Å². The van der Waals surface area contributed by atoms with Gasteiger partial charge in [-0.05, 0) is 13.1 Å². The molecule has 2 rings (SSSR count). The first kappa shape index (κ1) is 7.24. The summed E-state index contributed by atoms with van der Waals surface area (Å²) >= 11 is 0. The fraction of sp³-hybridized carbons (Fsp3) is 0.250. The van der Waals surface area contributed by atoms with E-state index in [2.05, 4.69) is 15.3 Å². The summed E-state index contributed by atoms with van der Waals surface area (Å²) in [5, 5.41) is 3.04. The lowest BCUT2D eigenvalue weighted by Gasteiger charge is -1.88. The molecular weight excluding hydrogens is 152 g/mol. The second-order valence-corrected chi connectivity index (χ2v) is 2.59. The maximum Gasteiger partial charge on any atom is 0.233 e. The van der Waals surface area contributed by atoms with Crippen LogP contribution in [0.5, 0.6) is 0 Å². The minimum atomic E-state index is 0.753. The molecule has 0 aliphatic rings. The second-order valence-electron chi connectivity index (χ2n) is 2.59. The second kappa shape index (κ2) is 2.91. The molecule has 0 saturated carbocycles. The van der Waals surface area contributed by atoms with Crippen LogP contribution in [-0.2, 0) is 6.54 Å². The highest BCUT2D eigenvalue weighted by Crippen LogP contribution is 2.00. The van der Waals surface area contributed by atoms with E-state index in [-0.39, 0.29) is 0 Å². The molecule has 4 nitrogen and oxygen atoms in total. The van der Waals surface area contributed by atoms with E-state index in [0.717, 1.165) is 18.0 Å². The zero-order valence-corrected chi connectivity index (χ0v) is 6.86. The third-order valence-electron chi connectivity index (χ3n) is 1.64. The highest BCUT2D eigenvalue weighted by atomic mass is 15.1. The highest BCUT2D eigenvalue weighted by molar-refractivity contribution is 5.29. The molecule has 0 aromatic carbocycles. The lowest BCUT2D eigenvalue weighted by atomic mass is 10.5. The third-order valence-corrected chi connectivity index (χ3v) is 1.64. The predicted molar refractivity (Wildman–Crippen MR) is 45.8 cm³/mol. The molecule has 12 heavy (non-hydrogen) atoms. The van der Waals surface area contributed by atoms with Crippen LogP contribution >= 0.6 is 0 Å². The fourth-order valence-corrected chi connectivity index (χ4v) is 1.15. The Morgan fingerprint density at radius 2 is 2.50 bits per heavy atom. The van der Waals surface area contributed by atoms with Gasteiger partial charge in [-0.25, -0.2) is 9.97 Å². The smallest absolute Gasteiger partial charge is 0.233 e. The van der Waals surface area contributed by atoms with Gasteiger partial charge in [0.25, 0.3) is 0 Å². The van der Waals surface area contributed by atoms with Gasteiger partial charge in [-0.3, -0.25) is 4.40 Å². The Kier molecular flexibility index (Phi) is 1.75. The predicted octanol–water partition coefficient (Wildman–Crippen LogP) is 0.449. The Bertz CT molecular complexity index is 346. The van der Waals surface area contributed by atoms with Gasteiger partial charge in [-0.1, -0.05) is 0 Å². The summed E-state index contributed by atoms with van der Waals surface area (Å²) in [7, 11) is 1.90. The van der Waals surface area contributed by atoms with E-state index >= 15 is 0 Å². The lowest BCUT2D eigenvalue weighted by molar-refractivity contribution is 0.797. The van der Waals surface area contributed by atoms with Crippen molar-refractivity contribution in [3.8, 4) is 0 Å². The highest BCUT2D eigenvalue weighted by Gasteiger charge is 1.98. The Balaban J connectivity index is 2.47. The maximum atomic E-state index is 4.29. The first-order valence-electron chi connectivity index (χ1n) is 3.83. The average Bonchev–Trinajstić information content (AvgIpc) is 2.47. The first-order valence-corrected chi connectivity index (χ1v) is 3.83. The number of rotatable bonds is 2. The first-order chi connectivity index (χ1) is 5.90. The number of imidazole rings is 1. The normalized spacial score (nSPS) is 10.8. The number of aromatic nitrogens is 3. The van der Waals surface area contributed by atoms with Crippen LogP contribution in [0.3, 0.4) is 0 Å². The minimum absolute atomic E-state index is 0.753. The fourth-order valence-electron chi connectivity index (χ4n) is 1.15. The van der Waals surface area contributed by atoms with Gasteiger partial charge in [0.05, 0.1) is 5.69 Å². The number of fused-ring (bicyclic) bond motifs is 1. The van der Waals surface area contributed by atoms with Crippen molar-refractivity contribution in [3.63, 3.8) is 0 Å². The molecule has 0 aliphatic heterocycles. The summed E-state index contributed by atoms with van der Waals surface area (Å²) in [6.07, 6.45) is 5.65. The van der Waals surface area contributed by atoms with E-state index in [9.17, 15) is 0 Å². The largest absolute Gasteiger partial charge is 0.314 e. The van der Waals surface area contributed by atoms with Crippen LogP contribution in [-0.4, -0.2) is 21.4 Å². The van der Waals surface area contributed by atoms with E-state index in [1.165, 1.54) is 0 Å². The van der Waals surface area contributed by atoms with Crippen molar-refractivity contribution >= 4 is 5.78 Å². The van der Waals surface area contributed by atoms with E-state index < -0.39 is 0 Å².